The first-order chi connectivity index (χ1) is 10.1. The quantitative estimate of drug-likeness (QED) is 0.755. The number of aliphatic carboxylic acids is 1. The van der Waals surface area contributed by atoms with Gasteiger partial charge < -0.3 is 15.7 Å². The van der Waals surface area contributed by atoms with Gasteiger partial charge in [0.05, 0.1) is 5.41 Å². The molecular weight excluding hydrogens is 272 g/mol. The van der Waals surface area contributed by atoms with Gasteiger partial charge in [-0.3, -0.25) is 9.59 Å². The second-order valence-electron chi connectivity index (χ2n) is 5.38. The number of carboxylic acids is 1. The molecule has 114 valence electrons. The zero-order valence-corrected chi connectivity index (χ0v) is 12.1. The minimum Gasteiger partial charge on any atom is -0.481 e. The highest BCUT2D eigenvalue weighted by Gasteiger charge is 2.39. The predicted octanol–water partition coefficient (Wildman–Crippen LogP) is 1.28. The van der Waals surface area contributed by atoms with Gasteiger partial charge in [-0.25, -0.2) is 0 Å². The normalized spacial score (nSPS) is 17.0. The van der Waals surface area contributed by atoms with E-state index in [2.05, 4.69) is 20.8 Å². The molecule has 0 spiro atoms. The average molecular weight is 292 g/mol. The number of aromatic nitrogens is 2. The number of nitrogens with zero attached hydrogens (tertiary/aromatic N) is 2. The zero-order chi connectivity index (χ0) is 15.3. The summed E-state index contributed by atoms with van der Waals surface area (Å²) in [6.07, 6.45) is 4.33. The van der Waals surface area contributed by atoms with Gasteiger partial charge >= 0.3 is 5.97 Å². The molecule has 1 fully saturated rings. The van der Waals surface area contributed by atoms with Crippen LogP contribution in [0.2, 0.25) is 0 Å². The molecule has 0 unspecified atom stereocenters. The summed E-state index contributed by atoms with van der Waals surface area (Å²) in [5.74, 6) is -0.582. The fourth-order valence-corrected chi connectivity index (χ4v) is 2.63. The first-order valence-electron chi connectivity index (χ1n) is 7.10. The van der Waals surface area contributed by atoms with Crippen molar-refractivity contribution in [3.8, 4) is 0 Å². The van der Waals surface area contributed by atoms with Gasteiger partial charge in [0, 0.05) is 13.6 Å². The van der Waals surface area contributed by atoms with E-state index in [4.69, 9.17) is 0 Å². The highest BCUT2D eigenvalue weighted by atomic mass is 16.4. The topological polar surface area (TPSA) is 104 Å². The maximum atomic E-state index is 11.6. The zero-order valence-electron chi connectivity index (χ0n) is 12.1. The number of hydrogen-bond acceptors (Lipinski definition) is 5. The van der Waals surface area contributed by atoms with Crippen molar-refractivity contribution >= 4 is 17.7 Å². The number of rotatable bonds is 5. The molecule has 1 aromatic rings. The van der Waals surface area contributed by atoms with E-state index < -0.39 is 11.4 Å². The molecule has 1 amide bonds. The molecule has 0 atom stereocenters. The van der Waals surface area contributed by atoms with Gasteiger partial charge in [-0.1, -0.05) is 19.3 Å². The number of carbonyl (C=O) groups excluding carboxylic acids is 1. The van der Waals surface area contributed by atoms with Crippen molar-refractivity contribution in [1.82, 2.24) is 15.5 Å². The summed E-state index contributed by atoms with van der Waals surface area (Å²) in [4.78, 5) is 22.9. The lowest BCUT2D eigenvalue weighted by Crippen LogP contribution is -2.39. The third-order valence-corrected chi connectivity index (χ3v) is 4.00. The lowest BCUT2D eigenvalue weighted by Gasteiger charge is -2.33. The van der Waals surface area contributed by atoms with Crippen molar-refractivity contribution in [3.63, 3.8) is 0 Å². The molecule has 0 saturated heterocycles. The molecule has 0 radical (unpaired) electrons. The van der Waals surface area contributed by atoms with Crippen LogP contribution in [0.4, 0.5) is 5.82 Å². The number of hydrogen-bond donors (Lipinski definition) is 3. The van der Waals surface area contributed by atoms with Crippen molar-refractivity contribution in [2.45, 2.75) is 32.1 Å². The fourth-order valence-electron chi connectivity index (χ4n) is 2.63. The third-order valence-electron chi connectivity index (χ3n) is 4.00. The van der Waals surface area contributed by atoms with Crippen LogP contribution < -0.4 is 10.6 Å². The van der Waals surface area contributed by atoms with Crippen LogP contribution in [0, 0.1) is 5.41 Å². The Kier molecular flexibility index (Phi) is 4.72. The standard InChI is InChI=1S/C14H20N4O3/c1-15-12(19)10-5-6-11(18-17-10)16-9-14(13(20)21)7-3-2-4-8-14/h5-6H,2-4,7-9H2,1H3,(H,15,19)(H,16,18)(H,20,21). The summed E-state index contributed by atoms with van der Waals surface area (Å²) < 4.78 is 0. The molecule has 1 heterocycles. The smallest absolute Gasteiger partial charge is 0.311 e. The van der Waals surface area contributed by atoms with Crippen LogP contribution in [0.15, 0.2) is 12.1 Å². The summed E-state index contributed by atoms with van der Waals surface area (Å²) in [7, 11) is 1.52. The minimum absolute atomic E-state index is 0.230. The van der Waals surface area contributed by atoms with Gasteiger partial charge in [-0.05, 0) is 25.0 Å². The van der Waals surface area contributed by atoms with Gasteiger partial charge in [0.15, 0.2) is 5.69 Å². The molecule has 7 nitrogen and oxygen atoms in total. The molecule has 1 saturated carbocycles. The Labute approximate surface area is 123 Å². The molecule has 7 heteroatoms. The van der Waals surface area contributed by atoms with Gasteiger partial charge in [-0.15, -0.1) is 10.2 Å². The monoisotopic (exact) mass is 292 g/mol. The van der Waals surface area contributed by atoms with Crippen molar-refractivity contribution in [2.75, 3.05) is 18.9 Å². The number of anilines is 1. The van der Waals surface area contributed by atoms with Crippen LogP contribution in [-0.2, 0) is 4.79 Å². The molecule has 0 aliphatic heterocycles. The Morgan fingerprint density at radius 2 is 1.95 bits per heavy atom. The van der Waals surface area contributed by atoms with Crippen LogP contribution in [0.5, 0.6) is 0 Å². The lowest BCUT2D eigenvalue weighted by atomic mass is 9.74. The Bertz CT molecular complexity index is 509. The Morgan fingerprint density at radius 1 is 1.24 bits per heavy atom. The van der Waals surface area contributed by atoms with E-state index in [1.54, 1.807) is 12.1 Å². The maximum Gasteiger partial charge on any atom is 0.311 e. The first-order valence-corrected chi connectivity index (χ1v) is 7.10. The molecule has 1 aliphatic rings. The summed E-state index contributed by atoms with van der Waals surface area (Å²) in [5, 5.41) is 22.7. The van der Waals surface area contributed by atoms with Crippen LogP contribution in [0.1, 0.15) is 42.6 Å². The van der Waals surface area contributed by atoms with Crippen LogP contribution in [0.25, 0.3) is 0 Å². The second kappa shape index (κ2) is 6.51. The summed E-state index contributed by atoms with van der Waals surface area (Å²) in [6.45, 7) is 0.330. The summed E-state index contributed by atoms with van der Waals surface area (Å²) in [5.41, 5.74) is -0.493. The molecule has 21 heavy (non-hydrogen) atoms. The van der Waals surface area contributed by atoms with E-state index in [9.17, 15) is 14.7 Å². The number of nitrogens with one attached hydrogen (secondary N) is 2. The fraction of sp³-hybridized carbons (Fsp3) is 0.571. The highest BCUT2D eigenvalue weighted by molar-refractivity contribution is 5.91. The van der Waals surface area contributed by atoms with E-state index >= 15 is 0 Å². The first kappa shape index (κ1) is 15.2. The third kappa shape index (κ3) is 3.48. The largest absolute Gasteiger partial charge is 0.481 e. The highest BCUT2D eigenvalue weighted by Crippen LogP contribution is 2.36. The second-order valence-corrected chi connectivity index (χ2v) is 5.38. The summed E-state index contributed by atoms with van der Waals surface area (Å²) >= 11 is 0. The molecule has 0 bridgehead atoms. The number of amides is 1. The Balaban J connectivity index is 2.01. The van der Waals surface area contributed by atoms with Crippen molar-refractivity contribution in [2.24, 2.45) is 5.41 Å². The van der Waals surface area contributed by atoms with Gasteiger partial charge in [0.1, 0.15) is 5.82 Å². The van der Waals surface area contributed by atoms with Crippen LogP contribution in [-0.4, -0.2) is 40.8 Å². The number of carboxylic acid groups (broad SMARTS) is 1. The van der Waals surface area contributed by atoms with Gasteiger partial charge in [0.25, 0.3) is 5.91 Å². The van der Waals surface area contributed by atoms with Crippen molar-refractivity contribution < 1.29 is 14.7 Å². The van der Waals surface area contributed by atoms with E-state index in [0.717, 1.165) is 19.3 Å². The van der Waals surface area contributed by atoms with Crippen LogP contribution in [0.3, 0.4) is 0 Å². The molecule has 3 N–H and O–H groups in total. The Morgan fingerprint density at radius 3 is 2.48 bits per heavy atom. The maximum absolute atomic E-state index is 11.6. The molecule has 2 rings (SSSR count). The predicted molar refractivity (Wildman–Crippen MR) is 77.1 cm³/mol. The molecule has 0 aromatic carbocycles. The SMILES string of the molecule is CNC(=O)c1ccc(NCC2(C(=O)O)CCCCC2)nn1. The van der Waals surface area contributed by atoms with Gasteiger partial charge in [0.2, 0.25) is 0 Å². The number of carbonyl (C=O) groups is 2. The summed E-state index contributed by atoms with van der Waals surface area (Å²) in [6, 6.07) is 3.19. The van der Waals surface area contributed by atoms with Gasteiger partial charge in [-0.2, -0.15) is 0 Å². The van der Waals surface area contributed by atoms with E-state index in [1.165, 1.54) is 7.05 Å². The molecular formula is C14H20N4O3. The van der Waals surface area contributed by atoms with E-state index in [1.807, 2.05) is 0 Å². The van der Waals surface area contributed by atoms with Crippen LogP contribution >= 0.6 is 0 Å². The van der Waals surface area contributed by atoms with Crippen molar-refractivity contribution in [3.05, 3.63) is 17.8 Å². The van der Waals surface area contributed by atoms with Crippen molar-refractivity contribution in [1.29, 1.82) is 0 Å². The van der Waals surface area contributed by atoms with E-state index in [-0.39, 0.29) is 11.6 Å². The average Bonchev–Trinajstić information content (AvgIpc) is 2.53. The molecule has 1 aromatic heterocycles. The molecule has 1 aliphatic carbocycles. The Hall–Kier alpha value is -2.18. The lowest BCUT2D eigenvalue weighted by molar-refractivity contribution is -0.150. The van der Waals surface area contributed by atoms with E-state index in [0.29, 0.717) is 25.2 Å². The minimum atomic E-state index is -0.760.